The predicted octanol–water partition coefficient (Wildman–Crippen LogP) is 3.98. The molecule has 0 heterocycles. The van der Waals surface area contributed by atoms with Crippen molar-refractivity contribution in [3.05, 3.63) is 83.4 Å². The quantitative estimate of drug-likeness (QED) is 0.147. The Balaban J connectivity index is 1.50. The molecule has 0 saturated heterocycles. The van der Waals surface area contributed by atoms with E-state index >= 15 is 0 Å². The largest absolute Gasteiger partial charge is 0.494 e. The van der Waals surface area contributed by atoms with E-state index in [0.717, 1.165) is 6.42 Å². The van der Waals surface area contributed by atoms with Gasteiger partial charge in [-0.25, -0.2) is 10.2 Å². The van der Waals surface area contributed by atoms with Crippen molar-refractivity contribution in [1.82, 2.24) is 10.7 Å². The zero-order valence-electron chi connectivity index (χ0n) is 22.1. The average molecular weight is 534 g/mol. The molecule has 0 atom stereocenters. The van der Waals surface area contributed by atoms with E-state index in [9.17, 15) is 14.4 Å². The van der Waals surface area contributed by atoms with Gasteiger partial charge in [0.05, 0.1) is 38.6 Å². The third-order valence-corrected chi connectivity index (χ3v) is 5.19. The molecule has 3 aromatic carbocycles. The summed E-state index contributed by atoms with van der Waals surface area (Å²) in [6.07, 6.45) is 2.29. The molecule has 3 rings (SSSR count). The number of ether oxygens (including phenoxy) is 4. The topological polar surface area (TPSA) is 125 Å². The Hall–Kier alpha value is -4.86. The highest BCUT2D eigenvalue weighted by molar-refractivity contribution is 5.96. The van der Waals surface area contributed by atoms with Crippen LogP contribution in [-0.2, 0) is 4.79 Å². The Morgan fingerprint density at radius 3 is 2.15 bits per heavy atom. The molecule has 0 radical (unpaired) electrons. The maximum Gasteiger partial charge on any atom is 0.343 e. The van der Waals surface area contributed by atoms with E-state index in [-0.39, 0.29) is 12.3 Å². The molecule has 0 spiro atoms. The monoisotopic (exact) mass is 533 g/mol. The molecule has 0 aliphatic carbocycles. The Morgan fingerprint density at radius 1 is 0.846 bits per heavy atom. The summed E-state index contributed by atoms with van der Waals surface area (Å²) < 4.78 is 21.7. The zero-order valence-corrected chi connectivity index (χ0v) is 22.1. The van der Waals surface area contributed by atoms with Crippen LogP contribution in [0.25, 0.3) is 0 Å². The summed E-state index contributed by atoms with van der Waals surface area (Å²) >= 11 is 0. The van der Waals surface area contributed by atoms with E-state index in [0.29, 0.717) is 47.2 Å². The van der Waals surface area contributed by atoms with Gasteiger partial charge in [-0.15, -0.1) is 0 Å². The number of amides is 2. The molecule has 2 N–H and O–H groups in total. The van der Waals surface area contributed by atoms with Crippen LogP contribution in [0.2, 0.25) is 0 Å². The van der Waals surface area contributed by atoms with Gasteiger partial charge in [-0.2, -0.15) is 5.10 Å². The minimum atomic E-state index is -0.545. The molecule has 3 aromatic rings. The molecule has 0 aliphatic heterocycles. The van der Waals surface area contributed by atoms with E-state index in [1.165, 1.54) is 13.3 Å². The first-order valence-corrected chi connectivity index (χ1v) is 12.4. The lowest BCUT2D eigenvalue weighted by Crippen LogP contribution is -2.34. The Labute approximate surface area is 226 Å². The van der Waals surface area contributed by atoms with Gasteiger partial charge in [0.2, 0.25) is 0 Å². The fourth-order valence-corrected chi connectivity index (χ4v) is 3.26. The minimum Gasteiger partial charge on any atom is -0.494 e. The number of hydrogen-bond donors (Lipinski definition) is 2. The molecule has 0 unspecified atom stereocenters. The molecule has 10 heteroatoms. The average Bonchev–Trinajstić information content (AvgIpc) is 2.96. The number of esters is 1. The van der Waals surface area contributed by atoms with Gasteiger partial charge in [-0.1, -0.05) is 6.92 Å². The SMILES string of the molecule is CCCOc1ccc(C(=O)Oc2ccc(/C=N/NC(=O)CNC(=O)c3ccc(OCC)cc3)cc2OC)cc1. The number of hydrazone groups is 1. The standard InChI is InChI=1S/C29H31N3O7/c1-4-16-38-24-13-9-22(10-14-24)29(35)39-25-15-6-20(17-26(25)36-3)18-31-32-27(33)19-30-28(34)21-7-11-23(12-8-21)37-5-2/h6-15,17-18H,4-5,16,19H2,1-3H3,(H,30,34)(H,32,33)/b31-18+. The Bertz CT molecular complexity index is 1290. The molecular formula is C29H31N3O7. The molecule has 2 amide bonds. The summed E-state index contributed by atoms with van der Waals surface area (Å²) in [6.45, 7) is 4.76. The number of carbonyl (C=O) groups excluding carboxylic acids is 3. The van der Waals surface area contributed by atoms with Crippen molar-refractivity contribution < 1.29 is 33.3 Å². The van der Waals surface area contributed by atoms with Gasteiger partial charge < -0.3 is 24.3 Å². The second-order valence-corrected chi connectivity index (χ2v) is 8.11. The van der Waals surface area contributed by atoms with Crippen LogP contribution in [0.15, 0.2) is 71.8 Å². The van der Waals surface area contributed by atoms with Crippen molar-refractivity contribution in [3.8, 4) is 23.0 Å². The molecule has 0 fully saturated rings. The van der Waals surface area contributed by atoms with Crippen LogP contribution in [0.5, 0.6) is 23.0 Å². The van der Waals surface area contributed by atoms with E-state index in [4.69, 9.17) is 18.9 Å². The number of nitrogens with one attached hydrogen (secondary N) is 2. The van der Waals surface area contributed by atoms with E-state index in [1.807, 2.05) is 13.8 Å². The number of rotatable bonds is 13. The van der Waals surface area contributed by atoms with Crippen LogP contribution in [0, 0.1) is 0 Å². The lowest BCUT2D eigenvalue weighted by molar-refractivity contribution is -0.120. The maximum atomic E-state index is 12.6. The van der Waals surface area contributed by atoms with Gasteiger partial charge >= 0.3 is 5.97 Å². The van der Waals surface area contributed by atoms with Crippen LogP contribution in [-0.4, -0.2) is 50.9 Å². The summed E-state index contributed by atoms with van der Waals surface area (Å²) in [5, 5.41) is 6.43. The van der Waals surface area contributed by atoms with E-state index in [2.05, 4.69) is 15.8 Å². The fraction of sp³-hybridized carbons (Fsp3) is 0.241. The minimum absolute atomic E-state index is 0.229. The summed E-state index contributed by atoms with van der Waals surface area (Å²) in [7, 11) is 1.45. The Morgan fingerprint density at radius 2 is 1.51 bits per heavy atom. The summed E-state index contributed by atoms with van der Waals surface area (Å²) in [4.78, 5) is 36.8. The molecule has 0 bridgehead atoms. The highest BCUT2D eigenvalue weighted by atomic mass is 16.6. The molecule has 10 nitrogen and oxygen atoms in total. The van der Waals surface area contributed by atoms with Crippen LogP contribution in [0.3, 0.4) is 0 Å². The second-order valence-electron chi connectivity index (χ2n) is 8.11. The summed E-state index contributed by atoms with van der Waals surface area (Å²) in [5.74, 6) is 0.429. The lowest BCUT2D eigenvalue weighted by atomic mass is 10.2. The second kappa shape index (κ2) is 14.8. The van der Waals surface area contributed by atoms with Gasteiger partial charge in [-0.3, -0.25) is 9.59 Å². The molecule has 39 heavy (non-hydrogen) atoms. The third kappa shape index (κ3) is 8.89. The van der Waals surface area contributed by atoms with Crippen molar-refractivity contribution in [3.63, 3.8) is 0 Å². The van der Waals surface area contributed by atoms with Crippen molar-refractivity contribution in [1.29, 1.82) is 0 Å². The first-order chi connectivity index (χ1) is 18.9. The number of nitrogens with zero attached hydrogens (tertiary/aromatic N) is 1. The molecular weight excluding hydrogens is 502 g/mol. The number of hydrogen-bond acceptors (Lipinski definition) is 8. The van der Waals surface area contributed by atoms with Gasteiger partial charge in [0.25, 0.3) is 11.8 Å². The smallest absolute Gasteiger partial charge is 0.343 e. The number of carbonyl (C=O) groups is 3. The Kier molecular flexibility index (Phi) is 10.9. The number of methoxy groups -OCH3 is 1. The number of benzene rings is 3. The maximum absolute atomic E-state index is 12.6. The van der Waals surface area contributed by atoms with Crippen molar-refractivity contribution >= 4 is 24.0 Å². The summed E-state index contributed by atoms with van der Waals surface area (Å²) in [6, 6.07) is 18.1. The van der Waals surface area contributed by atoms with Gasteiger partial charge in [-0.05, 0) is 85.6 Å². The third-order valence-electron chi connectivity index (χ3n) is 5.19. The fourth-order valence-electron chi connectivity index (χ4n) is 3.26. The van der Waals surface area contributed by atoms with Crippen molar-refractivity contribution in [2.45, 2.75) is 20.3 Å². The molecule has 204 valence electrons. The van der Waals surface area contributed by atoms with Crippen LogP contribution < -0.4 is 29.7 Å². The first kappa shape index (κ1) is 28.7. The van der Waals surface area contributed by atoms with Gasteiger partial charge in [0.1, 0.15) is 11.5 Å². The first-order valence-electron chi connectivity index (χ1n) is 12.4. The van der Waals surface area contributed by atoms with Crippen LogP contribution in [0.1, 0.15) is 46.5 Å². The molecule has 0 aliphatic rings. The zero-order chi connectivity index (χ0) is 28.0. The van der Waals surface area contributed by atoms with Crippen molar-refractivity contribution in [2.75, 3.05) is 26.9 Å². The highest BCUT2D eigenvalue weighted by Crippen LogP contribution is 2.28. The molecule has 0 saturated carbocycles. The van der Waals surface area contributed by atoms with Gasteiger partial charge in [0.15, 0.2) is 11.5 Å². The normalized spacial score (nSPS) is 10.5. The summed E-state index contributed by atoms with van der Waals surface area (Å²) in [5.41, 5.74) is 3.70. The van der Waals surface area contributed by atoms with E-state index in [1.54, 1.807) is 66.7 Å². The highest BCUT2D eigenvalue weighted by Gasteiger charge is 2.13. The van der Waals surface area contributed by atoms with Crippen LogP contribution >= 0.6 is 0 Å². The predicted molar refractivity (Wildman–Crippen MR) is 146 cm³/mol. The van der Waals surface area contributed by atoms with Gasteiger partial charge in [0, 0.05) is 5.56 Å². The van der Waals surface area contributed by atoms with Crippen molar-refractivity contribution in [2.24, 2.45) is 5.10 Å². The lowest BCUT2D eigenvalue weighted by Gasteiger charge is -2.10. The van der Waals surface area contributed by atoms with E-state index < -0.39 is 17.8 Å². The molecule has 0 aromatic heterocycles. The van der Waals surface area contributed by atoms with Crippen LogP contribution in [0.4, 0.5) is 0 Å².